The summed E-state index contributed by atoms with van der Waals surface area (Å²) < 4.78 is 1.05. The van der Waals surface area contributed by atoms with Crippen LogP contribution in [0.4, 0.5) is 0 Å². The lowest BCUT2D eigenvalue weighted by molar-refractivity contribution is 0.0373. The van der Waals surface area contributed by atoms with Crippen molar-refractivity contribution >= 4 is 15.9 Å². The number of likely N-dealkylation sites (tertiary alicyclic amines) is 1. The van der Waals surface area contributed by atoms with Gasteiger partial charge < -0.3 is 5.11 Å². The van der Waals surface area contributed by atoms with Gasteiger partial charge in [-0.25, -0.2) is 0 Å². The lowest BCUT2D eigenvalue weighted by Crippen LogP contribution is -2.43. The van der Waals surface area contributed by atoms with E-state index < -0.39 is 6.10 Å². The highest BCUT2D eigenvalue weighted by Crippen LogP contribution is 2.28. The number of rotatable bonds is 5. The average molecular weight is 388 g/mol. The molecule has 128 valence electrons. The molecule has 0 aromatic heterocycles. The molecule has 1 N–H and O–H groups in total. The number of aliphatic hydroxyl groups is 1. The van der Waals surface area contributed by atoms with E-state index in [-0.39, 0.29) is 6.04 Å². The predicted octanol–water partition coefficient (Wildman–Crippen LogP) is 4.83. The van der Waals surface area contributed by atoms with Crippen LogP contribution in [0.2, 0.25) is 0 Å². The predicted molar refractivity (Wildman–Crippen MR) is 103 cm³/mol. The van der Waals surface area contributed by atoms with E-state index in [0.29, 0.717) is 0 Å². The van der Waals surface area contributed by atoms with Crippen molar-refractivity contribution in [3.8, 4) is 0 Å². The van der Waals surface area contributed by atoms with Crippen molar-refractivity contribution in [2.24, 2.45) is 5.92 Å². The van der Waals surface area contributed by atoms with Gasteiger partial charge in [-0.2, -0.15) is 0 Å². The first-order chi connectivity index (χ1) is 11.6. The van der Waals surface area contributed by atoms with Gasteiger partial charge in [-0.3, -0.25) is 4.90 Å². The van der Waals surface area contributed by atoms with Gasteiger partial charge in [0.15, 0.2) is 0 Å². The molecule has 1 aliphatic rings. The minimum absolute atomic E-state index is 0.156. The smallest absolute Gasteiger partial charge is 0.0942 e. The maximum absolute atomic E-state index is 10.7. The Kier molecular flexibility index (Phi) is 6.09. The molecule has 1 heterocycles. The van der Waals surface area contributed by atoms with Crippen molar-refractivity contribution in [1.29, 1.82) is 0 Å². The maximum atomic E-state index is 10.7. The second-order valence-electron chi connectivity index (χ2n) is 6.91. The molecule has 2 aromatic carbocycles. The highest BCUT2D eigenvalue weighted by atomic mass is 79.9. The summed E-state index contributed by atoms with van der Waals surface area (Å²) in [6.45, 7) is 4.29. The maximum Gasteiger partial charge on any atom is 0.0942 e. The fourth-order valence-corrected chi connectivity index (χ4v) is 3.91. The van der Waals surface area contributed by atoms with Gasteiger partial charge in [-0.15, -0.1) is 0 Å². The van der Waals surface area contributed by atoms with Crippen molar-refractivity contribution in [2.45, 2.75) is 38.3 Å². The van der Waals surface area contributed by atoms with Crippen LogP contribution in [0.1, 0.15) is 37.0 Å². The van der Waals surface area contributed by atoms with Crippen LogP contribution in [0.5, 0.6) is 0 Å². The average Bonchev–Trinajstić information content (AvgIpc) is 2.63. The van der Waals surface area contributed by atoms with E-state index in [1.165, 1.54) is 24.8 Å². The standard InChI is InChI=1S/C21H26BrNO/c1-16(21(24)19-7-9-20(22)10-8-19)23-13-11-18(12-14-23)15-17-5-3-2-4-6-17/h2-10,16,18,21,24H,11-15H2,1H3/t16-,21+/m0/s1. The Hall–Kier alpha value is -1.16. The quantitative estimate of drug-likeness (QED) is 0.794. The van der Waals surface area contributed by atoms with Gasteiger partial charge >= 0.3 is 0 Å². The summed E-state index contributed by atoms with van der Waals surface area (Å²) in [4.78, 5) is 2.44. The third-order valence-electron chi connectivity index (χ3n) is 5.26. The summed E-state index contributed by atoms with van der Waals surface area (Å²) in [5, 5.41) is 10.7. The lowest BCUT2D eigenvalue weighted by atomic mass is 9.89. The molecule has 3 rings (SSSR count). The van der Waals surface area contributed by atoms with Gasteiger partial charge in [-0.05, 0) is 68.5 Å². The fourth-order valence-electron chi connectivity index (χ4n) is 3.65. The van der Waals surface area contributed by atoms with E-state index in [1.54, 1.807) is 0 Å². The summed E-state index contributed by atoms with van der Waals surface area (Å²) in [6.07, 6.45) is 3.18. The van der Waals surface area contributed by atoms with E-state index in [0.717, 1.165) is 29.0 Å². The van der Waals surface area contributed by atoms with Crippen molar-refractivity contribution in [3.05, 3.63) is 70.2 Å². The van der Waals surface area contributed by atoms with Gasteiger partial charge in [0.05, 0.1) is 6.10 Å². The first kappa shape index (κ1) is 17.7. The Labute approximate surface area is 153 Å². The van der Waals surface area contributed by atoms with Crippen LogP contribution in [0.15, 0.2) is 59.1 Å². The Balaban J connectivity index is 1.53. The Morgan fingerprint density at radius 1 is 1.04 bits per heavy atom. The van der Waals surface area contributed by atoms with E-state index in [1.807, 2.05) is 24.3 Å². The Morgan fingerprint density at radius 3 is 2.29 bits per heavy atom. The molecule has 2 nitrogen and oxygen atoms in total. The molecule has 0 saturated carbocycles. The van der Waals surface area contributed by atoms with E-state index in [9.17, 15) is 5.11 Å². The van der Waals surface area contributed by atoms with Crippen LogP contribution in [-0.2, 0) is 6.42 Å². The molecule has 0 unspecified atom stereocenters. The number of piperidine rings is 1. The fraction of sp³-hybridized carbons (Fsp3) is 0.429. The molecule has 1 aliphatic heterocycles. The van der Waals surface area contributed by atoms with Crippen molar-refractivity contribution < 1.29 is 5.11 Å². The molecule has 2 aromatic rings. The zero-order valence-electron chi connectivity index (χ0n) is 14.2. The SMILES string of the molecule is C[C@@H]([C@@H](O)c1ccc(Br)cc1)N1CCC(Cc2ccccc2)CC1. The summed E-state index contributed by atoms with van der Waals surface area (Å²) in [7, 11) is 0. The topological polar surface area (TPSA) is 23.5 Å². The van der Waals surface area contributed by atoms with Crippen LogP contribution in [-0.4, -0.2) is 29.1 Å². The largest absolute Gasteiger partial charge is 0.387 e. The minimum atomic E-state index is -0.427. The van der Waals surface area contributed by atoms with Crippen LogP contribution in [0.25, 0.3) is 0 Å². The second-order valence-corrected chi connectivity index (χ2v) is 7.82. The third kappa shape index (κ3) is 4.47. The van der Waals surface area contributed by atoms with E-state index in [4.69, 9.17) is 0 Å². The highest BCUT2D eigenvalue weighted by Gasteiger charge is 2.27. The molecular formula is C21H26BrNO. The number of benzene rings is 2. The highest BCUT2D eigenvalue weighted by molar-refractivity contribution is 9.10. The van der Waals surface area contributed by atoms with Gasteiger partial charge in [0.25, 0.3) is 0 Å². The van der Waals surface area contributed by atoms with Gasteiger partial charge in [0.2, 0.25) is 0 Å². The van der Waals surface area contributed by atoms with Crippen LogP contribution in [0.3, 0.4) is 0 Å². The van der Waals surface area contributed by atoms with Crippen LogP contribution < -0.4 is 0 Å². The zero-order chi connectivity index (χ0) is 16.9. The normalized spacial score (nSPS) is 19.1. The Morgan fingerprint density at radius 2 is 1.67 bits per heavy atom. The third-order valence-corrected chi connectivity index (χ3v) is 5.79. The summed E-state index contributed by atoms with van der Waals surface area (Å²) in [6, 6.07) is 19.0. The molecule has 0 spiro atoms. The molecule has 0 aliphatic carbocycles. The molecule has 0 radical (unpaired) electrons. The lowest BCUT2D eigenvalue weighted by Gasteiger charge is -2.38. The van der Waals surface area contributed by atoms with Crippen molar-refractivity contribution in [3.63, 3.8) is 0 Å². The Bertz CT molecular complexity index is 620. The molecule has 1 fully saturated rings. The van der Waals surface area contributed by atoms with Crippen molar-refractivity contribution in [1.82, 2.24) is 4.90 Å². The first-order valence-electron chi connectivity index (χ1n) is 8.85. The number of nitrogens with zero attached hydrogens (tertiary/aromatic N) is 1. The number of aliphatic hydroxyl groups excluding tert-OH is 1. The van der Waals surface area contributed by atoms with E-state index >= 15 is 0 Å². The zero-order valence-corrected chi connectivity index (χ0v) is 15.8. The van der Waals surface area contributed by atoms with Crippen LogP contribution in [0, 0.1) is 5.92 Å². The molecule has 2 atom stereocenters. The monoisotopic (exact) mass is 387 g/mol. The van der Waals surface area contributed by atoms with Crippen molar-refractivity contribution in [2.75, 3.05) is 13.1 Å². The minimum Gasteiger partial charge on any atom is -0.387 e. The van der Waals surface area contributed by atoms with Gasteiger partial charge in [0, 0.05) is 10.5 Å². The van der Waals surface area contributed by atoms with E-state index in [2.05, 4.69) is 58.1 Å². The molecule has 1 saturated heterocycles. The molecular weight excluding hydrogens is 362 g/mol. The summed E-state index contributed by atoms with van der Waals surface area (Å²) in [5.41, 5.74) is 2.44. The number of hydrogen-bond donors (Lipinski definition) is 1. The van der Waals surface area contributed by atoms with Crippen LogP contribution >= 0.6 is 15.9 Å². The molecule has 0 bridgehead atoms. The second kappa shape index (κ2) is 8.28. The first-order valence-corrected chi connectivity index (χ1v) is 9.64. The molecule has 3 heteroatoms. The summed E-state index contributed by atoms with van der Waals surface area (Å²) in [5.74, 6) is 0.765. The molecule has 0 amide bonds. The number of hydrogen-bond acceptors (Lipinski definition) is 2. The molecule has 24 heavy (non-hydrogen) atoms. The summed E-state index contributed by atoms with van der Waals surface area (Å²) >= 11 is 3.45. The number of halogens is 1. The van der Waals surface area contributed by atoms with Gasteiger partial charge in [0.1, 0.15) is 0 Å². The van der Waals surface area contributed by atoms with Gasteiger partial charge in [-0.1, -0.05) is 58.4 Å².